The Balaban J connectivity index is 2.52. The number of nitrogens with two attached hydrogens (primary N) is 1. The van der Waals surface area contributed by atoms with E-state index in [4.69, 9.17) is 22.1 Å². The van der Waals surface area contributed by atoms with Crippen LogP contribution >= 0.6 is 11.6 Å². The van der Waals surface area contributed by atoms with Crippen molar-refractivity contribution in [3.8, 4) is 0 Å². The van der Waals surface area contributed by atoms with Crippen LogP contribution in [-0.4, -0.2) is 26.2 Å². The molecular weight excluding hydrogens is 274 g/mol. The molecule has 1 aromatic rings. The molecule has 112 valence electrons. The summed E-state index contributed by atoms with van der Waals surface area (Å²) in [5.74, 6) is 1.10. The first kappa shape index (κ1) is 16.8. The van der Waals surface area contributed by atoms with Crippen LogP contribution < -0.4 is 11.1 Å². The summed E-state index contributed by atoms with van der Waals surface area (Å²) in [5.41, 5.74) is 6.83. The van der Waals surface area contributed by atoms with Gasteiger partial charge in [0.25, 0.3) is 0 Å². The number of rotatable bonds is 7. The van der Waals surface area contributed by atoms with Gasteiger partial charge in [-0.05, 0) is 30.0 Å². The summed E-state index contributed by atoms with van der Waals surface area (Å²) in [7, 11) is 1.66. The van der Waals surface area contributed by atoms with Gasteiger partial charge in [0.15, 0.2) is 5.96 Å². The molecule has 3 N–H and O–H groups in total. The summed E-state index contributed by atoms with van der Waals surface area (Å²) in [6, 6.07) is 7.59. The summed E-state index contributed by atoms with van der Waals surface area (Å²) in [6.45, 7) is 5.66. The molecule has 0 aliphatic heterocycles. The van der Waals surface area contributed by atoms with Gasteiger partial charge in [-0.25, -0.2) is 0 Å². The van der Waals surface area contributed by atoms with E-state index < -0.39 is 0 Å². The molecule has 0 saturated carbocycles. The summed E-state index contributed by atoms with van der Waals surface area (Å²) < 4.78 is 5.44. The maximum absolute atomic E-state index is 5.98. The molecule has 4 nitrogen and oxygen atoms in total. The van der Waals surface area contributed by atoms with Crippen LogP contribution in [0.3, 0.4) is 0 Å². The van der Waals surface area contributed by atoms with E-state index in [1.54, 1.807) is 7.11 Å². The summed E-state index contributed by atoms with van der Waals surface area (Å²) in [6.07, 6.45) is 0.928. The van der Waals surface area contributed by atoms with Crippen LogP contribution in [0.15, 0.2) is 29.3 Å². The van der Waals surface area contributed by atoms with E-state index in [-0.39, 0.29) is 6.10 Å². The Morgan fingerprint density at radius 1 is 1.45 bits per heavy atom. The Morgan fingerprint density at radius 3 is 2.80 bits per heavy atom. The van der Waals surface area contributed by atoms with E-state index in [1.165, 1.54) is 0 Å². The fourth-order valence-electron chi connectivity index (χ4n) is 1.75. The van der Waals surface area contributed by atoms with Gasteiger partial charge in [-0.1, -0.05) is 37.6 Å². The molecule has 1 unspecified atom stereocenters. The molecule has 1 rings (SSSR count). The standard InChI is InChI=1S/C15H24ClN3O/c1-11(2)7-8-18-15(17)19-10-14(20-3)12-5-4-6-13(16)9-12/h4-6,9,11,14H,7-8,10H2,1-3H3,(H3,17,18,19). The fourth-order valence-corrected chi connectivity index (χ4v) is 1.95. The lowest BCUT2D eigenvalue weighted by atomic mass is 10.1. The third-order valence-electron chi connectivity index (χ3n) is 2.96. The Bertz CT molecular complexity index is 435. The second kappa shape index (κ2) is 8.82. The normalized spacial score (nSPS) is 13.6. The van der Waals surface area contributed by atoms with Gasteiger partial charge in [0.2, 0.25) is 0 Å². The molecule has 0 aliphatic carbocycles. The summed E-state index contributed by atoms with van der Waals surface area (Å²) >= 11 is 5.98. The van der Waals surface area contributed by atoms with Crippen molar-refractivity contribution < 1.29 is 4.74 Å². The fraction of sp³-hybridized carbons (Fsp3) is 0.533. The Morgan fingerprint density at radius 2 is 2.20 bits per heavy atom. The molecular formula is C15H24ClN3O. The molecule has 0 fully saturated rings. The van der Waals surface area contributed by atoms with Crippen molar-refractivity contribution in [3.05, 3.63) is 34.9 Å². The largest absolute Gasteiger partial charge is 0.375 e. The van der Waals surface area contributed by atoms with Crippen molar-refractivity contribution in [2.24, 2.45) is 16.6 Å². The molecule has 0 heterocycles. The number of halogens is 1. The molecule has 0 saturated heterocycles. The van der Waals surface area contributed by atoms with E-state index >= 15 is 0 Å². The van der Waals surface area contributed by atoms with Gasteiger partial charge < -0.3 is 15.8 Å². The van der Waals surface area contributed by atoms with Crippen LogP contribution in [0.5, 0.6) is 0 Å². The molecule has 0 aliphatic rings. The van der Waals surface area contributed by atoms with Crippen molar-refractivity contribution in [1.29, 1.82) is 0 Å². The minimum Gasteiger partial charge on any atom is -0.375 e. The van der Waals surface area contributed by atoms with Gasteiger partial charge in [-0.3, -0.25) is 4.99 Å². The van der Waals surface area contributed by atoms with Crippen molar-refractivity contribution >= 4 is 17.6 Å². The third kappa shape index (κ3) is 6.26. The number of benzene rings is 1. The molecule has 0 bridgehead atoms. The lowest BCUT2D eigenvalue weighted by molar-refractivity contribution is 0.111. The highest BCUT2D eigenvalue weighted by Gasteiger charge is 2.10. The topological polar surface area (TPSA) is 59.6 Å². The number of hydrogen-bond donors (Lipinski definition) is 2. The van der Waals surface area contributed by atoms with Crippen LogP contribution in [0, 0.1) is 5.92 Å². The van der Waals surface area contributed by atoms with E-state index in [2.05, 4.69) is 24.2 Å². The van der Waals surface area contributed by atoms with Gasteiger partial charge in [-0.15, -0.1) is 0 Å². The van der Waals surface area contributed by atoms with Crippen molar-refractivity contribution in [1.82, 2.24) is 5.32 Å². The van der Waals surface area contributed by atoms with Gasteiger partial charge in [0, 0.05) is 18.7 Å². The highest BCUT2D eigenvalue weighted by atomic mass is 35.5. The van der Waals surface area contributed by atoms with Crippen LogP contribution in [0.4, 0.5) is 0 Å². The molecule has 0 radical (unpaired) electrons. The number of ether oxygens (including phenoxy) is 1. The van der Waals surface area contributed by atoms with Crippen molar-refractivity contribution in [3.63, 3.8) is 0 Å². The Hall–Kier alpha value is -1.26. The lowest BCUT2D eigenvalue weighted by Gasteiger charge is -2.14. The number of guanidine groups is 1. The van der Waals surface area contributed by atoms with Crippen molar-refractivity contribution in [2.75, 3.05) is 20.2 Å². The van der Waals surface area contributed by atoms with Crippen LogP contribution in [0.1, 0.15) is 31.9 Å². The number of hydrogen-bond acceptors (Lipinski definition) is 2. The highest BCUT2D eigenvalue weighted by molar-refractivity contribution is 6.30. The molecule has 5 heteroatoms. The maximum atomic E-state index is 5.98. The molecule has 1 atom stereocenters. The lowest BCUT2D eigenvalue weighted by Crippen LogP contribution is -2.33. The zero-order chi connectivity index (χ0) is 15.0. The average molecular weight is 298 g/mol. The molecule has 20 heavy (non-hydrogen) atoms. The first-order valence-electron chi connectivity index (χ1n) is 6.85. The average Bonchev–Trinajstić information content (AvgIpc) is 2.39. The predicted molar refractivity (Wildman–Crippen MR) is 85.1 cm³/mol. The second-order valence-electron chi connectivity index (χ2n) is 5.11. The number of methoxy groups -OCH3 is 1. The maximum Gasteiger partial charge on any atom is 0.188 e. The first-order valence-corrected chi connectivity index (χ1v) is 7.22. The van der Waals surface area contributed by atoms with Crippen LogP contribution in [0.25, 0.3) is 0 Å². The zero-order valence-electron chi connectivity index (χ0n) is 12.4. The molecule has 0 aromatic heterocycles. The minimum atomic E-state index is -0.140. The molecule has 0 amide bonds. The van der Waals surface area contributed by atoms with Crippen LogP contribution in [-0.2, 0) is 4.74 Å². The van der Waals surface area contributed by atoms with Crippen molar-refractivity contribution in [2.45, 2.75) is 26.4 Å². The van der Waals surface area contributed by atoms with E-state index in [0.29, 0.717) is 23.4 Å². The smallest absolute Gasteiger partial charge is 0.188 e. The minimum absolute atomic E-state index is 0.140. The quantitative estimate of drug-likeness (QED) is 0.601. The summed E-state index contributed by atoms with van der Waals surface area (Å²) in [4.78, 5) is 4.31. The van der Waals surface area contributed by atoms with Gasteiger partial charge in [0.05, 0.1) is 6.54 Å². The second-order valence-corrected chi connectivity index (χ2v) is 5.55. The molecule has 1 aromatic carbocycles. The molecule has 0 spiro atoms. The van der Waals surface area contributed by atoms with E-state index in [1.807, 2.05) is 24.3 Å². The predicted octanol–water partition coefficient (Wildman–Crippen LogP) is 2.98. The van der Waals surface area contributed by atoms with Gasteiger partial charge in [0.1, 0.15) is 6.10 Å². The first-order chi connectivity index (χ1) is 9.52. The number of nitrogens with one attached hydrogen (secondary N) is 1. The Kier molecular flexibility index (Phi) is 7.41. The monoisotopic (exact) mass is 297 g/mol. The zero-order valence-corrected chi connectivity index (χ0v) is 13.2. The van der Waals surface area contributed by atoms with Crippen LogP contribution in [0.2, 0.25) is 5.02 Å². The van der Waals surface area contributed by atoms with Gasteiger partial charge in [-0.2, -0.15) is 0 Å². The van der Waals surface area contributed by atoms with E-state index in [0.717, 1.165) is 18.5 Å². The third-order valence-corrected chi connectivity index (χ3v) is 3.20. The number of aliphatic imine (C=N–C) groups is 1. The summed E-state index contributed by atoms with van der Waals surface area (Å²) in [5, 5.41) is 3.79. The Labute approximate surface area is 126 Å². The van der Waals surface area contributed by atoms with E-state index in [9.17, 15) is 0 Å². The van der Waals surface area contributed by atoms with Gasteiger partial charge >= 0.3 is 0 Å². The number of nitrogens with zero attached hydrogens (tertiary/aromatic N) is 1. The highest BCUT2D eigenvalue weighted by Crippen LogP contribution is 2.20. The SMILES string of the molecule is COC(CN=C(N)NCCC(C)C)c1cccc(Cl)c1.